The number of hydrogen-bond acceptors (Lipinski definition) is 4. The summed E-state index contributed by atoms with van der Waals surface area (Å²) in [6.45, 7) is 1.61. The Balaban J connectivity index is 2.71. The zero-order valence-electron chi connectivity index (χ0n) is 9.01. The zero-order valence-corrected chi connectivity index (χ0v) is 12.2. The van der Waals surface area contributed by atoms with Crippen LogP contribution in [-0.2, 0) is 14.8 Å². The van der Waals surface area contributed by atoms with E-state index in [-0.39, 0.29) is 10.8 Å². The van der Waals surface area contributed by atoms with Crippen molar-refractivity contribution in [1.82, 2.24) is 4.72 Å². The maximum Gasteiger partial charge on any atom is 0.307 e. The summed E-state index contributed by atoms with van der Waals surface area (Å²) < 4.78 is 26.7. The first-order valence-electron chi connectivity index (χ1n) is 4.84. The quantitative estimate of drug-likeness (QED) is 0.827. The third-order valence-electron chi connectivity index (χ3n) is 2.18. The van der Waals surface area contributed by atoms with Gasteiger partial charge in [-0.3, -0.25) is 4.79 Å². The molecule has 0 fully saturated rings. The van der Waals surface area contributed by atoms with Crippen LogP contribution in [0.15, 0.2) is 20.1 Å². The Hall–Kier alpha value is -0.440. The van der Waals surface area contributed by atoms with Gasteiger partial charge in [-0.25, -0.2) is 13.1 Å². The number of nitrogens with one attached hydrogen (secondary N) is 1. The predicted molar refractivity (Wildman–Crippen MR) is 68.6 cm³/mol. The first-order valence-corrected chi connectivity index (χ1v) is 7.94. The number of halogens is 1. The molecule has 0 amide bonds. The summed E-state index contributed by atoms with van der Waals surface area (Å²) in [5.41, 5.74) is 0. The van der Waals surface area contributed by atoms with Crippen LogP contribution >= 0.6 is 27.3 Å². The molecule has 1 atom stereocenters. The van der Waals surface area contributed by atoms with Crippen molar-refractivity contribution in [2.75, 3.05) is 6.54 Å². The number of thiophene rings is 1. The Kier molecular flexibility index (Phi) is 5.11. The van der Waals surface area contributed by atoms with Crippen LogP contribution in [0.3, 0.4) is 0 Å². The molecule has 0 radical (unpaired) electrons. The van der Waals surface area contributed by atoms with Crippen molar-refractivity contribution in [2.24, 2.45) is 5.92 Å². The Morgan fingerprint density at radius 1 is 1.59 bits per heavy atom. The number of rotatable bonds is 6. The molecule has 17 heavy (non-hydrogen) atoms. The maximum absolute atomic E-state index is 11.8. The van der Waals surface area contributed by atoms with Crippen LogP contribution in [0.2, 0.25) is 0 Å². The molecular formula is C9H12BrNO4S2. The van der Waals surface area contributed by atoms with E-state index >= 15 is 0 Å². The van der Waals surface area contributed by atoms with E-state index < -0.39 is 21.9 Å². The normalized spacial score (nSPS) is 13.5. The molecule has 1 heterocycles. The van der Waals surface area contributed by atoms with Crippen molar-refractivity contribution in [3.8, 4) is 0 Å². The highest BCUT2D eigenvalue weighted by molar-refractivity contribution is 9.11. The van der Waals surface area contributed by atoms with Gasteiger partial charge in [0.15, 0.2) is 0 Å². The second-order valence-electron chi connectivity index (χ2n) is 3.35. The lowest BCUT2D eigenvalue weighted by molar-refractivity contribution is -0.141. The Labute approximate surface area is 112 Å². The van der Waals surface area contributed by atoms with Gasteiger partial charge in [-0.05, 0) is 34.5 Å². The molecule has 0 aromatic carbocycles. The van der Waals surface area contributed by atoms with Crippen molar-refractivity contribution in [3.63, 3.8) is 0 Å². The summed E-state index contributed by atoms with van der Waals surface area (Å²) in [7, 11) is -3.60. The van der Waals surface area contributed by atoms with Crippen LogP contribution < -0.4 is 4.72 Å². The highest BCUT2D eigenvalue weighted by Gasteiger charge is 2.21. The van der Waals surface area contributed by atoms with Crippen LogP contribution in [0.25, 0.3) is 0 Å². The fourth-order valence-corrected chi connectivity index (χ4v) is 4.27. The molecule has 0 aliphatic heterocycles. The molecule has 1 unspecified atom stereocenters. The van der Waals surface area contributed by atoms with E-state index in [9.17, 15) is 13.2 Å². The van der Waals surface area contributed by atoms with Crippen molar-refractivity contribution >= 4 is 43.3 Å². The largest absolute Gasteiger partial charge is 0.481 e. The summed E-state index contributed by atoms with van der Waals surface area (Å²) in [5.74, 6) is -1.70. The average Bonchev–Trinajstić information content (AvgIpc) is 2.66. The molecule has 96 valence electrons. The van der Waals surface area contributed by atoms with Gasteiger partial charge in [-0.2, -0.15) is 0 Å². The lowest BCUT2D eigenvalue weighted by Crippen LogP contribution is -2.32. The van der Waals surface area contributed by atoms with Gasteiger partial charge in [0.25, 0.3) is 0 Å². The lowest BCUT2D eigenvalue weighted by atomic mass is 10.1. The molecule has 1 aromatic heterocycles. The molecule has 0 bridgehead atoms. The van der Waals surface area contributed by atoms with E-state index in [0.29, 0.717) is 10.2 Å². The number of carboxylic acid groups (broad SMARTS) is 1. The summed E-state index contributed by atoms with van der Waals surface area (Å²) in [6.07, 6.45) is 0.381. The molecule has 0 aliphatic rings. The molecular weight excluding hydrogens is 330 g/mol. The molecule has 0 aliphatic carbocycles. The van der Waals surface area contributed by atoms with Crippen molar-refractivity contribution in [1.29, 1.82) is 0 Å². The van der Waals surface area contributed by atoms with Crippen LogP contribution in [-0.4, -0.2) is 26.0 Å². The number of carbonyl (C=O) groups is 1. The predicted octanol–water partition coefficient (Wildman–Crippen LogP) is 1.90. The minimum atomic E-state index is -3.60. The highest BCUT2D eigenvalue weighted by atomic mass is 79.9. The Bertz CT molecular complexity index is 497. The first-order chi connectivity index (χ1) is 7.86. The second-order valence-corrected chi connectivity index (χ2v) is 7.81. The SMILES string of the molecule is CCC(CNS(=O)(=O)c1ccc(Br)s1)C(=O)O. The number of carboxylic acids is 1. The van der Waals surface area contributed by atoms with Gasteiger partial charge in [0.1, 0.15) is 4.21 Å². The van der Waals surface area contributed by atoms with Gasteiger partial charge in [-0.1, -0.05) is 6.92 Å². The van der Waals surface area contributed by atoms with E-state index in [1.54, 1.807) is 13.0 Å². The van der Waals surface area contributed by atoms with Crippen molar-refractivity contribution in [2.45, 2.75) is 17.6 Å². The van der Waals surface area contributed by atoms with Crippen LogP contribution in [0.5, 0.6) is 0 Å². The molecule has 0 saturated carbocycles. The van der Waals surface area contributed by atoms with Gasteiger partial charge in [0, 0.05) is 6.54 Å². The fraction of sp³-hybridized carbons (Fsp3) is 0.444. The zero-order chi connectivity index (χ0) is 13.1. The minimum absolute atomic E-state index is 0.0936. The second kappa shape index (κ2) is 5.94. The van der Waals surface area contributed by atoms with Gasteiger partial charge in [0.2, 0.25) is 10.0 Å². The molecule has 5 nitrogen and oxygen atoms in total. The average molecular weight is 342 g/mol. The summed E-state index contributed by atoms with van der Waals surface area (Å²) in [5, 5.41) is 8.81. The van der Waals surface area contributed by atoms with E-state index in [2.05, 4.69) is 20.7 Å². The van der Waals surface area contributed by atoms with Gasteiger partial charge >= 0.3 is 5.97 Å². The number of sulfonamides is 1. The topological polar surface area (TPSA) is 83.5 Å². The monoisotopic (exact) mass is 341 g/mol. The van der Waals surface area contributed by atoms with Crippen LogP contribution in [0.1, 0.15) is 13.3 Å². The number of hydrogen-bond donors (Lipinski definition) is 2. The Morgan fingerprint density at radius 3 is 2.65 bits per heavy atom. The van der Waals surface area contributed by atoms with Gasteiger partial charge in [0.05, 0.1) is 9.70 Å². The third-order valence-corrected chi connectivity index (χ3v) is 5.71. The standard InChI is InChI=1S/C9H12BrNO4S2/c1-2-6(9(12)13)5-11-17(14,15)8-4-3-7(10)16-8/h3-4,6,11H,2,5H2,1H3,(H,12,13). The molecule has 1 rings (SSSR count). The van der Waals surface area contributed by atoms with Gasteiger partial charge in [-0.15, -0.1) is 11.3 Å². The van der Waals surface area contributed by atoms with Crippen LogP contribution in [0.4, 0.5) is 0 Å². The molecule has 2 N–H and O–H groups in total. The summed E-state index contributed by atoms with van der Waals surface area (Å²) in [6, 6.07) is 3.10. The van der Waals surface area contributed by atoms with E-state index in [1.807, 2.05) is 0 Å². The first kappa shape index (κ1) is 14.6. The molecule has 1 aromatic rings. The fourth-order valence-electron chi connectivity index (χ4n) is 1.13. The summed E-state index contributed by atoms with van der Waals surface area (Å²) in [4.78, 5) is 10.7. The molecule has 8 heteroatoms. The summed E-state index contributed by atoms with van der Waals surface area (Å²) >= 11 is 4.25. The molecule has 0 spiro atoms. The minimum Gasteiger partial charge on any atom is -0.481 e. The number of aliphatic carboxylic acids is 1. The van der Waals surface area contributed by atoms with E-state index in [4.69, 9.17) is 5.11 Å². The lowest BCUT2D eigenvalue weighted by Gasteiger charge is -2.10. The highest BCUT2D eigenvalue weighted by Crippen LogP contribution is 2.25. The van der Waals surface area contributed by atoms with Gasteiger partial charge < -0.3 is 5.11 Å². The van der Waals surface area contributed by atoms with Crippen molar-refractivity contribution < 1.29 is 18.3 Å². The van der Waals surface area contributed by atoms with E-state index in [1.165, 1.54) is 6.07 Å². The maximum atomic E-state index is 11.8. The third kappa shape index (κ3) is 4.06. The molecule has 0 saturated heterocycles. The Morgan fingerprint density at radius 2 is 2.24 bits per heavy atom. The van der Waals surface area contributed by atoms with E-state index in [0.717, 1.165) is 11.3 Å². The van der Waals surface area contributed by atoms with Crippen LogP contribution in [0, 0.1) is 5.92 Å². The van der Waals surface area contributed by atoms with Crippen molar-refractivity contribution in [3.05, 3.63) is 15.9 Å². The smallest absolute Gasteiger partial charge is 0.307 e.